The van der Waals surface area contributed by atoms with Crippen LogP contribution in [-0.4, -0.2) is 26.9 Å². The SMILES string of the molecule is NS(=O)(=O)c1ccc(CNC(=O)COC(=O)c2ccccc2Br)cc1. The molecule has 0 aliphatic carbocycles. The lowest BCUT2D eigenvalue weighted by atomic mass is 10.2. The van der Waals surface area contributed by atoms with Crippen LogP contribution in [0, 0.1) is 0 Å². The zero-order valence-electron chi connectivity index (χ0n) is 12.9. The van der Waals surface area contributed by atoms with Crippen molar-refractivity contribution in [1.82, 2.24) is 5.32 Å². The monoisotopic (exact) mass is 426 g/mol. The van der Waals surface area contributed by atoms with E-state index < -0.39 is 28.5 Å². The molecule has 0 aliphatic heterocycles. The van der Waals surface area contributed by atoms with Crippen LogP contribution >= 0.6 is 15.9 Å². The van der Waals surface area contributed by atoms with Crippen molar-refractivity contribution in [3.05, 3.63) is 64.1 Å². The molecule has 0 heterocycles. The molecule has 0 aliphatic rings. The number of amides is 1. The third-order valence-electron chi connectivity index (χ3n) is 3.17. The first-order valence-corrected chi connectivity index (χ1v) is 9.41. The van der Waals surface area contributed by atoms with Crippen molar-refractivity contribution in [1.29, 1.82) is 0 Å². The molecular weight excluding hydrogens is 412 g/mol. The van der Waals surface area contributed by atoms with Gasteiger partial charge in [-0.3, -0.25) is 4.79 Å². The number of carbonyl (C=O) groups is 2. The van der Waals surface area contributed by atoms with Crippen LogP contribution < -0.4 is 10.5 Å². The predicted octanol–water partition coefficient (Wildman–Crippen LogP) is 1.57. The quantitative estimate of drug-likeness (QED) is 0.679. The molecule has 2 aromatic carbocycles. The van der Waals surface area contributed by atoms with Crippen molar-refractivity contribution in [2.75, 3.05) is 6.61 Å². The van der Waals surface area contributed by atoms with Crippen molar-refractivity contribution in [2.24, 2.45) is 5.14 Å². The first-order chi connectivity index (χ1) is 11.8. The number of hydrogen-bond donors (Lipinski definition) is 2. The van der Waals surface area contributed by atoms with Gasteiger partial charge in [0.2, 0.25) is 10.0 Å². The Kier molecular flexibility index (Phi) is 6.29. The Bertz CT molecular complexity index is 882. The van der Waals surface area contributed by atoms with Gasteiger partial charge in [0.25, 0.3) is 5.91 Å². The van der Waals surface area contributed by atoms with Gasteiger partial charge in [-0.05, 0) is 45.8 Å². The van der Waals surface area contributed by atoms with Gasteiger partial charge in [0, 0.05) is 11.0 Å². The topological polar surface area (TPSA) is 116 Å². The van der Waals surface area contributed by atoms with Gasteiger partial charge in [-0.25, -0.2) is 18.4 Å². The second-order valence-electron chi connectivity index (χ2n) is 5.02. The number of hydrogen-bond acceptors (Lipinski definition) is 5. The molecule has 7 nitrogen and oxygen atoms in total. The fourth-order valence-corrected chi connectivity index (χ4v) is 2.85. The molecule has 132 valence electrons. The highest BCUT2D eigenvalue weighted by molar-refractivity contribution is 9.10. The highest BCUT2D eigenvalue weighted by atomic mass is 79.9. The summed E-state index contributed by atoms with van der Waals surface area (Å²) in [5, 5.41) is 7.58. The summed E-state index contributed by atoms with van der Waals surface area (Å²) in [5.74, 6) is -1.09. The minimum Gasteiger partial charge on any atom is -0.452 e. The van der Waals surface area contributed by atoms with Gasteiger partial charge >= 0.3 is 5.97 Å². The molecule has 0 atom stereocenters. The fraction of sp³-hybridized carbons (Fsp3) is 0.125. The molecule has 0 saturated carbocycles. The Labute approximate surface area is 153 Å². The van der Waals surface area contributed by atoms with Gasteiger partial charge in [-0.15, -0.1) is 0 Å². The Hall–Kier alpha value is -2.23. The number of halogens is 1. The normalized spacial score (nSPS) is 11.0. The number of rotatable bonds is 6. The highest BCUT2D eigenvalue weighted by Crippen LogP contribution is 2.16. The number of ether oxygens (including phenoxy) is 1. The van der Waals surface area contributed by atoms with Gasteiger partial charge in [0.05, 0.1) is 10.5 Å². The Balaban J connectivity index is 1.83. The van der Waals surface area contributed by atoms with E-state index in [9.17, 15) is 18.0 Å². The average Bonchev–Trinajstić information content (AvgIpc) is 2.58. The van der Waals surface area contributed by atoms with E-state index in [2.05, 4.69) is 21.2 Å². The molecule has 0 saturated heterocycles. The smallest absolute Gasteiger partial charge is 0.339 e. The molecule has 0 spiro atoms. The van der Waals surface area contributed by atoms with Gasteiger partial charge in [0.15, 0.2) is 6.61 Å². The fourth-order valence-electron chi connectivity index (χ4n) is 1.88. The van der Waals surface area contributed by atoms with E-state index >= 15 is 0 Å². The van der Waals surface area contributed by atoms with E-state index in [1.165, 1.54) is 24.3 Å². The van der Waals surface area contributed by atoms with Gasteiger partial charge in [0.1, 0.15) is 0 Å². The number of sulfonamides is 1. The van der Waals surface area contributed by atoms with E-state index in [1.807, 2.05) is 0 Å². The Morgan fingerprint density at radius 2 is 1.72 bits per heavy atom. The molecule has 3 N–H and O–H groups in total. The van der Waals surface area contributed by atoms with E-state index in [0.29, 0.717) is 15.6 Å². The third-order valence-corrected chi connectivity index (χ3v) is 4.79. The molecular formula is C16H15BrN2O5S. The molecule has 0 aromatic heterocycles. The van der Waals surface area contributed by atoms with Crippen molar-refractivity contribution < 1.29 is 22.7 Å². The van der Waals surface area contributed by atoms with Crippen molar-refractivity contribution in [3.63, 3.8) is 0 Å². The number of benzene rings is 2. The molecule has 2 rings (SSSR count). The molecule has 25 heavy (non-hydrogen) atoms. The average molecular weight is 427 g/mol. The largest absolute Gasteiger partial charge is 0.452 e. The first-order valence-electron chi connectivity index (χ1n) is 7.07. The van der Waals surface area contributed by atoms with E-state index in [-0.39, 0.29) is 11.4 Å². The summed E-state index contributed by atoms with van der Waals surface area (Å²) < 4.78 is 27.8. The minimum atomic E-state index is -3.75. The van der Waals surface area contributed by atoms with Crippen LogP contribution in [0.15, 0.2) is 57.9 Å². The maximum atomic E-state index is 11.9. The predicted molar refractivity (Wildman–Crippen MR) is 94.1 cm³/mol. The number of carbonyl (C=O) groups excluding carboxylic acids is 2. The standard InChI is InChI=1S/C16H15BrN2O5S/c17-14-4-2-1-3-13(14)16(21)24-10-15(20)19-9-11-5-7-12(8-6-11)25(18,22)23/h1-8H,9-10H2,(H,19,20)(H2,18,22,23). The summed E-state index contributed by atoms with van der Waals surface area (Å²) in [4.78, 5) is 23.6. The molecule has 9 heteroatoms. The maximum absolute atomic E-state index is 11.9. The summed E-state index contributed by atoms with van der Waals surface area (Å²) in [6, 6.07) is 12.5. The summed E-state index contributed by atoms with van der Waals surface area (Å²) in [7, 11) is -3.75. The number of esters is 1. The zero-order valence-corrected chi connectivity index (χ0v) is 15.3. The lowest BCUT2D eigenvalue weighted by molar-refractivity contribution is -0.124. The molecule has 0 unspecified atom stereocenters. The lowest BCUT2D eigenvalue weighted by Crippen LogP contribution is -2.28. The Morgan fingerprint density at radius 3 is 2.32 bits per heavy atom. The lowest BCUT2D eigenvalue weighted by Gasteiger charge is -2.08. The molecule has 0 bridgehead atoms. The summed E-state index contributed by atoms with van der Waals surface area (Å²) in [5.41, 5.74) is 1.01. The van der Waals surface area contributed by atoms with Gasteiger partial charge in [-0.1, -0.05) is 24.3 Å². The minimum absolute atomic E-state index is 0.00931. The number of nitrogens with two attached hydrogens (primary N) is 1. The van der Waals surface area contributed by atoms with Crippen LogP contribution in [0.1, 0.15) is 15.9 Å². The van der Waals surface area contributed by atoms with Gasteiger partial charge < -0.3 is 10.1 Å². The molecule has 0 fully saturated rings. The molecule has 1 amide bonds. The van der Waals surface area contributed by atoms with E-state index in [0.717, 1.165) is 0 Å². The zero-order chi connectivity index (χ0) is 18.4. The first kappa shape index (κ1) is 19.1. The van der Waals surface area contributed by atoms with Crippen LogP contribution in [0.4, 0.5) is 0 Å². The number of primary sulfonamides is 1. The molecule has 0 radical (unpaired) electrons. The second kappa shape index (κ2) is 8.24. The van der Waals surface area contributed by atoms with Crippen LogP contribution in [0.3, 0.4) is 0 Å². The van der Waals surface area contributed by atoms with Crippen molar-refractivity contribution in [2.45, 2.75) is 11.4 Å². The highest BCUT2D eigenvalue weighted by Gasteiger charge is 2.13. The third kappa shape index (κ3) is 5.66. The molecule has 2 aromatic rings. The number of nitrogens with one attached hydrogen (secondary N) is 1. The van der Waals surface area contributed by atoms with Gasteiger partial charge in [-0.2, -0.15) is 0 Å². The van der Waals surface area contributed by atoms with Crippen LogP contribution in [0.25, 0.3) is 0 Å². The summed E-state index contributed by atoms with van der Waals surface area (Å²) in [6.45, 7) is -0.258. The van der Waals surface area contributed by atoms with Crippen LogP contribution in [-0.2, 0) is 26.1 Å². The summed E-state index contributed by atoms with van der Waals surface area (Å²) in [6.07, 6.45) is 0. The van der Waals surface area contributed by atoms with Crippen LogP contribution in [0.5, 0.6) is 0 Å². The van der Waals surface area contributed by atoms with E-state index in [4.69, 9.17) is 9.88 Å². The maximum Gasteiger partial charge on any atom is 0.339 e. The Morgan fingerprint density at radius 1 is 1.08 bits per heavy atom. The second-order valence-corrected chi connectivity index (χ2v) is 7.44. The van der Waals surface area contributed by atoms with E-state index in [1.54, 1.807) is 24.3 Å². The summed E-state index contributed by atoms with van der Waals surface area (Å²) >= 11 is 3.23. The van der Waals surface area contributed by atoms with Crippen molar-refractivity contribution in [3.8, 4) is 0 Å². The van der Waals surface area contributed by atoms with Crippen molar-refractivity contribution >= 4 is 37.8 Å². The van der Waals surface area contributed by atoms with Crippen LogP contribution in [0.2, 0.25) is 0 Å².